The molecule has 0 fully saturated rings. The summed E-state index contributed by atoms with van der Waals surface area (Å²) in [6.45, 7) is -0.138. The Labute approximate surface area is 119 Å². The SMILES string of the molecule is [2H]C(c1ccccc1)S(=O)(=O)C(=O)OCc1ccccc1. The number of benzene rings is 2. The highest BCUT2D eigenvalue weighted by Gasteiger charge is 2.24. The Morgan fingerprint density at radius 3 is 2.00 bits per heavy atom. The van der Waals surface area contributed by atoms with Crippen molar-refractivity contribution in [1.29, 1.82) is 0 Å². The van der Waals surface area contributed by atoms with Crippen LogP contribution in [0.1, 0.15) is 12.5 Å². The summed E-state index contributed by atoms with van der Waals surface area (Å²) in [4.78, 5) is 11.7. The molecule has 1 unspecified atom stereocenters. The number of hydrogen-bond acceptors (Lipinski definition) is 4. The lowest BCUT2D eigenvalue weighted by Crippen LogP contribution is -2.18. The minimum Gasteiger partial charge on any atom is -0.449 e. The molecule has 2 rings (SSSR count). The number of rotatable bonds is 4. The number of hydrogen-bond donors (Lipinski definition) is 0. The Morgan fingerprint density at radius 2 is 1.45 bits per heavy atom. The van der Waals surface area contributed by atoms with E-state index in [9.17, 15) is 13.2 Å². The summed E-state index contributed by atoms with van der Waals surface area (Å²) in [5, 5.41) is -1.38. The predicted octanol–water partition coefficient (Wildman–Crippen LogP) is 2.94. The highest BCUT2D eigenvalue weighted by molar-refractivity contribution is 8.05. The fourth-order valence-electron chi connectivity index (χ4n) is 1.56. The van der Waals surface area contributed by atoms with Gasteiger partial charge in [0, 0.05) is 1.37 Å². The summed E-state index contributed by atoms with van der Waals surface area (Å²) in [6, 6.07) is 16.7. The van der Waals surface area contributed by atoms with Gasteiger partial charge in [-0.15, -0.1) is 0 Å². The molecule has 0 heterocycles. The minimum atomic E-state index is -4.36. The molecule has 20 heavy (non-hydrogen) atoms. The van der Waals surface area contributed by atoms with Gasteiger partial charge in [0.15, 0.2) is 0 Å². The fraction of sp³-hybridized carbons (Fsp3) is 0.133. The third kappa shape index (κ3) is 3.93. The van der Waals surface area contributed by atoms with Gasteiger partial charge in [-0.2, -0.15) is 0 Å². The average molecular weight is 291 g/mol. The molecule has 0 aliphatic carbocycles. The molecule has 0 amide bonds. The van der Waals surface area contributed by atoms with E-state index in [0.717, 1.165) is 0 Å². The molecule has 0 aromatic heterocycles. The molecule has 4 nitrogen and oxygen atoms in total. The molecule has 104 valence electrons. The molecule has 2 aromatic rings. The van der Waals surface area contributed by atoms with Gasteiger partial charge in [0.05, 0.1) is 5.73 Å². The molecule has 0 N–H and O–H groups in total. The van der Waals surface area contributed by atoms with E-state index in [0.29, 0.717) is 5.56 Å². The normalized spacial score (nSPS) is 13.3. The maximum absolute atomic E-state index is 12.0. The first-order valence-electron chi connectivity index (χ1n) is 6.51. The molecule has 1 atom stereocenters. The molecule has 0 bridgehead atoms. The molecule has 2 aromatic carbocycles. The quantitative estimate of drug-likeness (QED) is 0.813. The molecular weight excluding hydrogens is 276 g/mol. The predicted molar refractivity (Wildman–Crippen MR) is 75.7 cm³/mol. The second kappa shape index (κ2) is 6.34. The number of carbonyl (C=O) groups excluding carboxylic acids is 1. The molecule has 0 spiro atoms. The van der Waals surface area contributed by atoms with Crippen molar-refractivity contribution in [2.24, 2.45) is 0 Å². The largest absolute Gasteiger partial charge is 0.449 e. The van der Waals surface area contributed by atoms with Gasteiger partial charge < -0.3 is 4.74 Å². The second-order valence-corrected chi connectivity index (χ2v) is 5.76. The summed E-state index contributed by atoms with van der Waals surface area (Å²) in [5.74, 6) is 0. The zero-order chi connectivity index (χ0) is 15.3. The van der Waals surface area contributed by atoms with Crippen LogP contribution in [0.5, 0.6) is 0 Å². The molecule has 0 radical (unpaired) electrons. The van der Waals surface area contributed by atoms with Crippen LogP contribution in [0.4, 0.5) is 4.79 Å². The lowest BCUT2D eigenvalue weighted by Gasteiger charge is -2.06. The van der Waals surface area contributed by atoms with E-state index in [1.807, 2.05) is 0 Å². The summed E-state index contributed by atoms with van der Waals surface area (Å²) >= 11 is 0. The van der Waals surface area contributed by atoms with Crippen molar-refractivity contribution in [3.63, 3.8) is 0 Å². The Hall–Kier alpha value is -2.14. The maximum Gasteiger partial charge on any atom is 0.425 e. The zero-order valence-corrected chi connectivity index (χ0v) is 11.4. The molecule has 0 saturated carbocycles. The monoisotopic (exact) mass is 291 g/mol. The number of sulfone groups is 1. The Balaban J connectivity index is 2.07. The number of carbonyl (C=O) groups is 1. The van der Waals surface area contributed by atoms with Crippen molar-refractivity contribution in [2.75, 3.05) is 0 Å². The summed E-state index contributed by atoms with van der Waals surface area (Å²) < 4.78 is 36.5. The van der Waals surface area contributed by atoms with Crippen molar-refractivity contribution < 1.29 is 19.3 Å². The van der Waals surface area contributed by atoms with Crippen LogP contribution in [-0.4, -0.2) is 13.7 Å². The topological polar surface area (TPSA) is 60.4 Å². The van der Waals surface area contributed by atoms with Crippen molar-refractivity contribution in [3.8, 4) is 0 Å². The van der Waals surface area contributed by atoms with Crippen LogP contribution in [0, 0.1) is 0 Å². The smallest absolute Gasteiger partial charge is 0.425 e. The standard InChI is InChI=1S/C15H14O4S/c16-15(19-11-13-7-3-1-4-8-13)20(17,18)12-14-9-5-2-6-10-14/h1-10H,11-12H2/i12D. The van der Waals surface area contributed by atoms with Crippen molar-refractivity contribution in [3.05, 3.63) is 71.8 Å². The van der Waals surface area contributed by atoms with Crippen molar-refractivity contribution in [2.45, 2.75) is 12.3 Å². The summed E-state index contributed by atoms with van der Waals surface area (Å²) in [5.41, 5.74) is -0.765. The van der Waals surface area contributed by atoms with E-state index >= 15 is 0 Å². The first-order chi connectivity index (χ1) is 10.0. The fourth-order valence-corrected chi connectivity index (χ4v) is 2.39. The van der Waals surface area contributed by atoms with Crippen LogP contribution in [0.15, 0.2) is 60.7 Å². The molecule has 5 heteroatoms. The first kappa shape index (κ1) is 12.9. The second-order valence-electron chi connectivity index (χ2n) is 4.10. The van der Waals surface area contributed by atoms with Crippen LogP contribution >= 0.6 is 0 Å². The van der Waals surface area contributed by atoms with E-state index in [-0.39, 0.29) is 12.2 Å². The third-order valence-corrected chi connectivity index (χ3v) is 3.69. The Kier molecular flexibility index (Phi) is 4.08. The lowest BCUT2D eigenvalue weighted by molar-refractivity contribution is 0.165. The van der Waals surface area contributed by atoms with Gasteiger partial charge in [-0.1, -0.05) is 60.7 Å². The van der Waals surface area contributed by atoms with Gasteiger partial charge in [-0.3, -0.25) is 0 Å². The van der Waals surface area contributed by atoms with Gasteiger partial charge in [-0.25, -0.2) is 13.2 Å². The number of ether oxygens (including phenoxy) is 1. The highest BCUT2D eigenvalue weighted by Crippen LogP contribution is 2.10. The van der Waals surface area contributed by atoms with Gasteiger partial charge in [0.1, 0.15) is 6.61 Å². The minimum absolute atomic E-state index is 0.138. The maximum atomic E-state index is 12.0. The summed E-state index contributed by atoms with van der Waals surface area (Å²) in [7, 11) is -4.36. The van der Waals surface area contributed by atoms with E-state index in [1.165, 1.54) is 12.1 Å². The van der Waals surface area contributed by atoms with Crippen LogP contribution in [-0.2, 0) is 26.9 Å². The van der Waals surface area contributed by atoms with E-state index in [2.05, 4.69) is 0 Å². The zero-order valence-electron chi connectivity index (χ0n) is 11.6. The molecule has 0 saturated heterocycles. The van der Waals surface area contributed by atoms with Gasteiger partial charge in [0.2, 0.25) is 0 Å². The summed E-state index contributed by atoms with van der Waals surface area (Å²) in [6.07, 6.45) is 0. The van der Waals surface area contributed by atoms with E-state index in [1.54, 1.807) is 48.5 Å². The van der Waals surface area contributed by atoms with E-state index < -0.39 is 20.9 Å². The molecular formula is C15H14O4S. The van der Waals surface area contributed by atoms with Crippen LogP contribution in [0.2, 0.25) is 0 Å². The lowest BCUT2D eigenvalue weighted by atomic mass is 10.2. The Bertz CT molecular complexity index is 699. The average Bonchev–Trinajstić information content (AvgIpc) is 2.53. The first-order valence-corrected chi connectivity index (χ1v) is 7.48. The molecule has 0 aliphatic rings. The molecule has 0 aliphatic heterocycles. The van der Waals surface area contributed by atoms with Gasteiger partial charge in [-0.05, 0) is 11.1 Å². The Morgan fingerprint density at radius 1 is 0.950 bits per heavy atom. The van der Waals surface area contributed by atoms with Crippen LogP contribution in [0.3, 0.4) is 0 Å². The van der Waals surface area contributed by atoms with Crippen molar-refractivity contribution in [1.82, 2.24) is 0 Å². The van der Waals surface area contributed by atoms with Crippen LogP contribution < -0.4 is 0 Å². The third-order valence-electron chi connectivity index (χ3n) is 2.52. The van der Waals surface area contributed by atoms with Gasteiger partial charge in [0.25, 0.3) is 9.84 Å². The van der Waals surface area contributed by atoms with Crippen molar-refractivity contribution >= 4 is 15.1 Å². The van der Waals surface area contributed by atoms with E-state index in [4.69, 9.17) is 6.11 Å². The highest BCUT2D eigenvalue weighted by atomic mass is 32.2. The van der Waals surface area contributed by atoms with Gasteiger partial charge >= 0.3 is 5.30 Å². The van der Waals surface area contributed by atoms with Crippen LogP contribution in [0.25, 0.3) is 0 Å².